The van der Waals surface area contributed by atoms with E-state index in [0.717, 1.165) is 0 Å². The monoisotopic (exact) mass is 291 g/mol. The second-order valence-corrected chi connectivity index (χ2v) is 4.92. The second kappa shape index (κ2) is 5.92. The Morgan fingerprint density at radius 1 is 1.33 bits per heavy atom. The van der Waals surface area contributed by atoms with Gasteiger partial charge in [0.1, 0.15) is 6.04 Å². The molecule has 0 fully saturated rings. The topological polar surface area (TPSA) is 98.7 Å². The summed E-state index contributed by atoms with van der Waals surface area (Å²) in [6.07, 6.45) is -0.748. The van der Waals surface area contributed by atoms with E-state index in [1.807, 2.05) is 0 Å². The molecule has 1 aromatic carbocycles. The lowest BCUT2D eigenvalue weighted by molar-refractivity contribution is -0.140. The Labute approximate surface area is 121 Å². The molecule has 0 saturated carbocycles. The molecule has 0 aromatic heterocycles. The molecule has 3 amide bonds. The number of hydrogen-bond donors (Lipinski definition) is 3. The van der Waals surface area contributed by atoms with Gasteiger partial charge in [0.2, 0.25) is 0 Å². The maximum absolute atomic E-state index is 12.1. The van der Waals surface area contributed by atoms with Crippen LogP contribution in [-0.4, -0.2) is 42.5 Å². The maximum Gasteiger partial charge on any atom is 0.310 e. The van der Waals surface area contributed by atoms with Crippen LogP contribution in [0.4, 0.5) is 5.69 Å². The van der Waals surface area contributed by atoms with Crippen LogP contribution in [0.5, 0.6) is 0 Å². The molecular weight excluding hydrogens is 274 g/mol. The molecule has 1 aliphatic heterocycles. The summed E-state index contributed by atoms with van der Waals surface area (Å²) in [5, 5.41) is 13.8. The van der Waals surface area contributed by atoms with Crippen molar-refractivity contribution in [2.24, 2.45) is 0 Å². The van der Waals surface area contributed by atoms with Crippen LogP contribution in [0.3, 0.4) is 0 Å². The fourth-order valence-electron chi connectivity index (χ4n) is 2.14. The summed E-state index contributed by atoms with van der Waals surface area (Å²) in [6.45, 7) is 1.46. The van der Waals surface area contributed by atoms with E-state index in [1.165, 1.54) is 11.8 Å². The molecule has 1 heterocycles. The van der Waals surface area contributed by atoms with Crippen molar-refractivity contribution in [2.45, 2.75) is 19.1 Å². The second-order valence-electron chi connectivity index (χ2n) is 4.92. The first-order valence-corrected chi connectivity index (χ1v) is 6.55. The van der Waals surface area contributed by atoms with Gasteiger partial charge in [0.15, 0.2) is 0 Å². The number of carbonyl (C=O) groups excluding carboxylic acids is 3. The van der Waals surface area contributed by atoms with Gasteiger partial charge in [-0.3, -0.25) is 14.4 Å². The minimum Gasteiger partial charge on any atom is -0.392 e. The van der Waals surface area contributed by atoms with Crippen LogP contribution in [0.15, 0.2) is 24.3 Å². The first-order valence-electron chi connectivity index (χ1n) is 6.55. The van der Waals surface area contributed by atoms with Crippen LogP contribution >= 0.6 is 0 Å². The molecule has 7 nitrogen and oxygen atoms in total. The molecule has 3 N–H and O–H groups in total. The van der Waals surface area contributed by atoms with Gasteiger partial charge in [0.05, 0.1) is 6.10 Å². The Morgan fingerprint density at radius 2 is 2.00 bits per heavy atom. The van der Waals surface area contributed by atoms with Gasteiger partial charge in [-0.25, -0.2) is 0 Å². The van der Waals surface area contributed by atoms with E-state index in [-0.39, 0.29) is 12.5 Å². The van der Waals surface area contributed by atoms with Gasteiger partial charge in [-0.05, 0) is 13.0 Å². The first-order chi connectivity index (χ1) is 9.91. The lowest BCUT2D eigenvalue weighted by Crippen LogP contribution is -2.45. The van der Waals surface area contributed by atoms with Crippen molar-refractivity contribution in [1.82, 2.24) is 10.6 Å². The van der Waals surface area contributed by atoms with Gasteiger partial charge in [-0.2, -0.15) is 0 Å². The summed E-state index contributed by atoms with van der Waals surface area (Å²) in [4.78, 5) is 36.9. The number of hydrogen-bond acceptors (Lipinski definition) is 4. The van der Waals surface area contributed by atoms with Crippen molar-refractivity contribution in [1.29, 1.82) is 0 Å². The minimum absolute atomic E-state index is 0.0264. The molecule has 1 aromatic rings. The number of nitrogens with one attached hydrogen (secondary N) is 2. The first kappa shape index (κ1) is 15.0. The molecule has 0 spiro atoms. The Balaban J connectivity index is 2.08. The largest absolute Gasteiger partial charge is 0.392 e. The number of para-hydroxylation sites is 1. The molecule has 112 valence electrons. The summed E-state index contributed by atoms with van der Waals surface area (Å²) < 4.78 is 0. The summed E-state index contributed by atoms with van der Waals surface area (Å²) >= 11 is 0. The summed E-state index contributed by atoms with van der Waals surface area (Å²) in [5.74, 6) is -2.08. The molecule has 1 aliphatic rings. The fraction of sp³-hybridized carbons (Fsp3) is 0.357. The summed E-state index contributed by atoms with van der Waals surface area (Å²) in [6, 6.07) is 6.19. The normalized spacial score (nSPS) is 18.1. The number of nitrogens with zero attached hydrogens (tertiary/aromatic N) is 1. The van der Waals surface area contributed by atoms with Crippen LogP contribution < -0.4 is 15.5 Å². The van der Waals surface area contributed by atoms with E-state index >= 15 is 0 Å². The predicted octanol–water partition coefficient (Wildman–Crippen LogP) is -0.683. The maximum atomic E-state index is 12.1. The SMILES string of the molecule is C[C@H](O)CNC(=O)C(=O)N[C@H]1C(=O)N(C)c2ccccc21. The number of rotatable bonds is 3. The third kappa shape index (κ3) is 3.03. The fourth-order valence-corrected chi connectivity index (χ4v) is 2.14. The number of aliphatic hydroxyl groups is 1. The average molecular weight is 291 g/mol. The molecule has 0 saturated heterocycles. The molecule has 7 heteroatoms. The number of likely N-dealkylation sites (N-methyl/N-ethyl adjacent to an activating group) is 1. The number of benzene rings is 1. The molecule has 2 rings (SSSR count). The van der Waals surface area contributed by atoms with Crippen LogP contribution in [0.1, 0.15) is 18.5 Å². The standard InChI is InChI=1S/C14H17N3O4/c1-8(18)7-15-12(19)13(20)16-11-9-5-3-4-6-10(9)17(2)14(11)21/h3-6,8,11,18H,7H2,1-2H3,(H,15,19)(H,16,20)/t8-,11+/m0/s1. The molecule has 0 radical (unpaired) electrons. The van der Waals surface area contributed by atoms with E-state index < -0.39 is 24.0 Å². The zero-order valence-corrected chi connectivity index (χ0v) is 11.8. The van der Waals surface area contributed by atoms with Crippen LogP contribution in [0.2, 0.25) is 0 Å². The van der Waals surface area contributed by atoms with Gasteiger partial charge < -0.3 is 20.6 Å². The smallest absolute Gasteiger partial charge is 0.310 e. The highest BCUT2D eigenvalue weighted by Gasteiger charge is 2.36. The van der Waals surface area contributed by atoms with Crippen molar-refractivity contribution in [3.8, 4) is 0 Å². The predicted molar refractivity (Wildman–Crippen MR) is 75.4 cm³/mol. The molecular formula is C14H17N3O4. The number of amides is 3. The zero-order chi connectivity index (χ0) is 15.6. The quantitative estimate of drug-likeness (QED) is 0.642. The van der Waals surface area contributed by atoms with Crippen molar-refractivity contribution in [2.75, 3.05) is 18.5 Å². The number of fused-ring (bicyclic) bond motifs is 1. The van der Waals surface area contributed by atoms with Gasteiger partial charge in [-0.15, -0.1) is 0 Å². The lowest BCUT2D eigenvalue weighted by Gasteiger charge is -2.13. The van der Waals surface area contributed by atoms with Gasteiger partial charge in [0.25, 0.3) is 5.91 Å². The third-order valence-corrected chi connectivity index (χ3v) is 3.23. The van der Waals surface area contributed by atoms with Crippen LogP contribution in [0.25, 0.3) is 0 Å². The van der Waals surface area contributed by atoms with E-state index in [4.69, 9.17) is 5.11 Å². The lowest BCUT2D eigenvalue weighted by atomic mass is 10.1. The van der Waals surface area contributed by atoms with Crippen molar-refractivity contribution >= 4 is 23.4 Å². The Hall–Kier alpha value is -2.41. The Kier molecular flexibility index (Phi) is 4.23. The molecule has 21 heavy (non-hydrogen) atoms. The molecule has 2 atom stereocenters. The van der Waals surface area contributed by atoms with E-state index in [1.54, 1.807) is 31.3 Å². The van der Waals surface area contributed by atoms with Crippen molar-refractivity contribution in [3.05, 3.63) is 29.8 Å². The average Bonchev–Trinajstić information content (AvgIpc) is 2.70. The molecule has 0 aliphatic carbocycles. The highest BCUT2D eigenvalue weighted by molar-refractivity contribution is 6.35. The zero-order valence-electron chi connectivity index (χ0n) is 11.8. The highest BCUT2D eigenvalue weighted by Crippen LogP contribution is 2.34. The summed E-state index contributed by atoms with van der Waals surface area (Å²) in [5.41, 5.74) is 1.36. The van der Waals surface area contributed by atoms with E-state index in [2.05, 4.69) is 10.6 Å². The van der Waals surface area contributed by atoms with Crippen LogP contribution in [0, 0.1) is 0 Å². The Morgan fingerprint density at radius 3 is 2.67 bits per heavy atom. The number of carbonyl (C=O) groups is 3. The van der Waals surface area contributed by atoms with Gasteiger partial charge in [0, 0.05) is 24.8 Å². The number of anilines is 1. The molecule has 0 unspecified atom stereocenters. The van der Waals surface area contributed by atoms with E-state index in [9.17, 15) is 14.4 Å². The van der Waals surface area contributed by atoms with Gasteiger partial charge >= 0.3 is 11.8 Å². The Bertz CT molecular complexity index is 585. The van der Waals surface area contributed by atoms with Crippen molar-refractivity contribution in [3.63, 3.8) is 0 Å². The third-order valence-electron chi connectivity index (χ3n) is 3.23. The van der Waals surface area contributed by atoms with Crippen molar-refractivity contribution < 1.29 is 19.5 Å². The van der Waals surface area contributed by atoms with Crippen LogP contribution in [-0.2, 0) is 14.4 Å². The number of aliphatic hydroxyl groups excluding tert-OH is 1. The minimum atomic E-state index is -0.904. The van der Waals surface area contributed by atoms with Gasteiger partial charge in [-0.1, -0.05) is 18.2 Å². The summed E-state index contributed by atoms with van der Waals surface area (Å²) in [7, 11) is 1.61. The molecule has 0 bridgehead atoms. The highest BCUT2D eigenvalue weighted by atomic mass is 16.3. The van der Waals surface area contributed by atoms with E-state index in [0.29, 0.717) is 11.3 Å².